The van der Waals surface area contributed by atoms with Gasteiger partial charge < -0.3 is 4.90 Å². The average Bonchev–Trinajstić information content (AvgIpc) is 2.60. The molecule has 0 aliphatic rings. The van der Waals surface area contributed by atoms with Crippen LogP contribution in [0.4, 0.5) is 11.4 Å². The van der Waals surface area contributed by atoms with Crippen molar-refractivity contribution >= 4 is 32.9 Å². The number of hydrogen-bond donors (Lipinski definition) is 0. The zero-order valence-electron chi connectivity index (χ0n) is 12.4. The van der Waals surface area contributed by atoms with Gasteiger partial charge >= 0.3 is 0 Å². The molecule has 0 amide bonds. The molecular weight excluding hydrogens is 266 g/mol. The van der Waals surface area contributed by atoms with Crippen LogP contribution in [0.5, 0.6) is 0 Å². The Morgan fingerprint density at radius 2 is 1.59 bits per heavy atom. The van der Waals surface area contributed by atoms with E-state index >= 15 is 0 Å². The quantitative estimate of drug-likeness (QED) is 0.478. The van der Waals surface area contributed by atoms with Crippen molar-refractivity contribution in [3.8, 4) is 0 Å². The maximum Gasteiger partial charge on any atom is 0.0574 e. The first-order valence-electron chi connectivity index (χ1n) is 7.37. The second-order valence-corrected chi connectivity index (χ2v) is 5.40. The van der Waals surface area contributed by atoms with E-state index in [1.165, 1.54) is 27.5 Å². The first-order chi connectivity index (χ1) is 10.8. The third-order valence-electron chi connectivity index (χ3n) is 4.08. The lowest BCUT2D eigenvalue weighted by molar-refractivity contribution is 1.23. The van der Waals surface area contributed by atoms with Crippen LogP contribution in [-0.2, 0) is 0 Å². The van der Waals surface area contributed by atoms with Gasteiger partial charge in [0.1, 0.15) is 0 Å². The molecule has 4 aromatic rings. The highest BCUT2D eigenvalue weighted by molar-refractivity contribution is 6.12. The van der Waals surface area contributed by atoms with Crippen molar-refractivity contribution in [1.82, 2.24) is 0 Å². The highest BCUT2D eigenvalue weighted by atomic mass is 15.1. The van der Waals surface area contributed by atoms with Gasteiger partial charge in [0.25, 0.3) is 0 Å². The van der Waals surface area contributed by atoms with Crippen LogP contribution in [-0.4, -0.2) is 7.05 Å². The molecule has 22 heavy (non-hydrogen) atoms. The molecule has 0 spiro atoms. The summed E-state index contributed by atoms with van der Waals surface area (Å²) in [5.74, 6) is 0. The zero-order chi connectivity index (χ0) is 14.9. The molecule has 0 radical (unpaired) electrons. The van der Waals surface area contributed by atoms with Gasteiger partial charge in [0.15, 0.2) is 0 Å². The summed E-state index contributed by atoms with van der Waals surface area (Å²) in [4.78, 5) is 2.25. The summed E-state index contributed by atoms with van der Waals surface area (Å²) >= 11 is 0. The Morgan fingerprint density at radius 1 is 0.818 bits per heavy atom. The highest BCUT2D eigenvalue weighted by Crippen LogP contribution is 2.37. The van der Waals surface area contributed by atoms with Gasteiger partial charge in [-0.2, -0.15) is 0 Å². The van der Waals surface area contributed by atoms with Crippen molar-refractivity contribution in [1.29, 1.82) is 0 Å². The predicted molar refractivity (Wildman–Crippen MR) is 93.6 cm³/mol. The fourth-order valence-electron chi connectivity index (χ4n) is 3.00. The summed E-state index contributed by atoms with van der Waals surface area (Å²) in [6, 6.07) is 31.5. The van der Waals surface area contributed by atoms with Gasteiger partial charge in [0.05, 0.1) is 5.69 Å². The maximum atomic E-state index is 3.24. The molecule has 4 rings (SSSR count). The van der Waals surface area contributed by atoms with E-state index in [1.807, 2.05) is 12.1 Å². The van der Waals surface area contributed by atoms with Gasteiger partial charge in [0.2, 0.25) is 0 Å². The van der Waals surface area contributed by atoms with Crippen molar-refractivity contribution < 1.29 is 0 Å². The summed E-state index contributed by atoms with van der Waals surface area (Å²) in [6.07, 6.45) is 0. The number of hydrogen-bond acceptors (Lipinski definition) is 1. The van der Waals surface area contributed by atoms with Crippen LogP contribution in [0.1, 0.15) is 0 Å². The number of fused-ring (bicyclic) bond motifs is 2. The Hall–Kier alpha value is -2.98. The number of nitrogens with zero attached hydrogens (tertiary/aromatic N) is 1. The molecule has 0 bridgehead atoms. The van der Waals surface area contributed by atoms with Crippen LogP contribution in [0.15, 0.2) is 72.8 Å². The van der Waals surface area contributed by atoms with Crippen LogP contribution in [0.25, 0.3) is 21.5 Å². The minimum absolute atomic E-state index is 1.10. The SMILES string of the molecule is CN(c1ccccc1)c1c2ccc#cc2cc2ccccc12. The molecule has 104 valence electrons. The van der Waals surface area contributed by atoms with Crippen LogP contribution < -0.4 is 4.90 Å². The van der Waals surface area contributed by atoms with E-state index in [0.29, 0.717) is 0 Å². The fraction of sp³-hybridized carbons (Fsp3) is 0.0476. The van der Waals surface area contributed by atoms with Gasteiger partial charge in [-0.05, 0) is 35.7 Å². The summed E-state index contributed by atoms with van der Waals surface area (Å²) in [5, 5.41) is 4.77. The largest absolute Gasteiger partial charge is 0.344 e. The van der Waals surface area contributed by atoms with E-state index in [-0.39, 0.29) is 0 Å². The molecule has 0 N–H and O–H groups in total. The van der Waals surface area contributed by atoms with E-state index < -0.39 is 0 Å². The standard InChI is InChI=1S/C21H15N/c1-22(18-11-3-2-4-12-18)21-19-13-7-5-9-16(19)15-17-10-6-8-14-20(17)21/h2-5,7-9,11-15H,1H3. The molecule has 0 aliphatic carbocycles. The summed E-state index contributed by atoms with van der Waals surface area (Å²) in [7, 11) is 2.12. The third-order valence-corrected chi connectivity index (χ3v) is 4.08. The minimum Gasteiger partial charge on any atom is -0.344 e. The first kappa shape index (κ1) is 12.7. The molecular formula is C21H15N. The number of benzene rings is 3. The Labute approximate surface area is 130 Å². The van der Waals surface area contributed by atoms with Gasteiger partial charge in [-0.15, -0.1) is 0 Å². The van der Waals surface area contributed by atoms with E-state index in [0.717, 1.165) is 5.39 Å². The van der Waals surface area contributed by atoms with Crippen LogP contribution >= 0.6 is 0 Å². The summed E-state index contributed by atoms with van der Waals surface area (Å²) in [5.41, 5.74) is 2.39. The Balaban J connectivity index is 2.08. The Kier molecular flexibility index (Phi) is 2.95. The van der Waals surface area contributed by atoms with Crippen molar-refractivity contribution in [3.63, 3.8) is 0 Å². The molecule has 0 fully saturated rings. The van der Waals surface area contributed by atoms with Crippen molar-refractivity contribution in [2.45, 2.75) is 0 Å². The second kappa shape index (κ2) is 5.09. The normalized spacial score (nSPS) is 10.6. The lowest BCUT2D eigenvalue weighted by atomic mass is 10.0. The molecule has 0 aromatic heterocycles. The fourth-order valence-corrected chi connectivity index (χ4v) is 3.00. The zero-order valence-corrected chi connectivity index (χ0v) is 12.4. The van der Waals surface area contributed by atoms with Crippen LogP contribution in [0.2, 0.25) is 0 Å². The average molecular weight is 281 g/mol. The highest BCUT2D eigenvalue weighted by Gasteiger charge is 2.12. The first-order valence-corrected chi connectivity index (χ1v) is 7.37. The van der Waals surface area contributed by atoms with Gasteiger partial charge in [-0.1, -0.05) is 54.6 Å². The summed E-state index contributed by atoms with van der Waals surface area (Å²) in [6.45, 7) is 0. The molecule has 4 aromatic carbocycles. The maximum absolute atomic E-state index is 3.24. The molecule has 0 aliphatic heterocycles. The predicted octanol–water partition coefficient (Wildman–Crippen LogP) is 5.36. The Morgan fingerprint density at radius 3 is 2.45 bits per heavy atom. The molecule has 0 atom stereocenters. The smallest absolute Gasteiger partial charge is 0.0574 e. The minimum atomic E-state index is 1.10. The van der Waals surface area contributed by atoms with E-state index in [2.05, 4.69) is 84.7 Å². The number of para-hydroxylation sites is 1. The topological polar surface area (TPSA) is 3.24 Å². The second-order valence-electron chi connectivity index (χ2n) is 5.40. The van der Waals surface area contributed by atoms with E-state index in [4.69, 9.17) is 0 Å². The van der Waals surface area contributed by atoms with E-state index in [9.17, 15) is 0 Å². The number of anilines is 2. The van der Waals surface area contributed by atoms with Crippen LogP contribution in [0, 0.1) is 12.1 Å². The van der Waals surface area contributed by atoms with Crippen LogP contribution in [0.3, 0.4) is 0 Å². The molecule has 0 heterocycles. The van der Waals surface area contributed by atoms with Crippen molar-refractivity contribution in [2.75, 3.05) is 11.9 Å². The van der Waals surface area contributed by atoms with Gasteiger partial charge in [-0.3, -0.25) is 0 Å². The van der Waals surface area contributed by atoms with Crippen molar-refractivity contribution in [3.05, 3.63) is 84.9 Å². The molecule has 1 heteroatoms. The molecule has 0 saturated carbocycles. The third kappa shape index (κ3) is 1.98. The van der Waals surface area contributed by atoms with Gasteiger partial charge in [0, 0.05) is 28.9 Å². The molecule has 0 unspecified atom stereocenters. The lowest BCUT2D eigenvalue weighted by Crippen LogP contribution is -2.10. The lowest BCUT2D eigenvalue weighted by Gasteiger charge is -2.23. The van der Waals surface area contributed by atoms with Crippen molar-refractivity contribution in [2.24, 2.45) is 0 Å². The Bertz CT molecular complexity index is 887. The van der Waals surface area contributed by atoms with Gasteiger partial charge in [-0.25, -0.2) is 0 Å². The molecule has 1 nitrogen and oxygen atoms in total. The van der Waals surface area contributed by atoms with E-state index in [1.54, 1.807) is 0 Å². The number of rotatable bonds is 2. The monoisotopic (exact) mass is 281 g/mol. The molecule has 0 saturated heterocycles. The summed E-state index contributed by atoms with van der Waals surface area (Å²) < 4.78 is 0.